The van der Waals surface area contributed by atoms with Gasteiger partial charge in [-0.25, -0.2) is 8.78 Å². The number of hydrogen-bond acceptors (Lipinski definition) is 2. The van der Waals surface area contributed by atoms with Crippen LogP contribution in [0.5, 0.6) is 0 Å². The summed E-state index contributed by atoms with van der Waals surface area (Å²) in [6, 6.07) is 0. The van der Waals surface area contributed by atoms with E-state index in [0.29, 0.717) is 5.56 Å². The lowest BCUT2D eigenvalue weighted by Gasteiger charge is -2.15. The largest absolute Gasteiger partial charge is 0.382 e. The summed E-state index contributed by atoms with van der Waals surface area (Å²) in [5, 5.41) is 11.0. The number of halogens is 2. The Labute approximate surface area is 85.4 Å². The number of thiophene rings is 1. The summed E-state index contributed by atoms with van der Waals surface area (Å²) >= 11 is 1.50. The quantitative estimate of drug-likeness (QED) is 0.809. The summed E-state index contributed by atoms with van der Waals surface area (Å²) in [5.74, 6) is 0. The average Bonchev–Trinajstić information content (AvgIpc) is 2.60. The van der Waals surface area contributed by atoms with Crippen molar-refractivity contribution in [3.05, 3.63) is 21.4 Å². The molecule has 1 N–H and O–H groups in total. The van der Waals surface area contributed by atoms with Gasteiger partial charge < -0.3 is 5.11 Å². The van der Waals surface area contributed by atoms with E-state index in [1.807, 2.05) is 0 Å². The number of hydrogen-bond donors (Lipinski definition) is 1. The number of aryl methyl sites for hydroxylation is 1. The van der Waals surface area contributed by atoms with Gasteiger partial charge in [0.05, 0.1) is 0 Å². The molecule has 0 aromatic carbocycles. The molecule has 1 nitrogen and oxygen atoms in total. The molecule has 0 amide bonds. The highest BCUT2D eigenvalue weighted by Gasteiger charge is 2.25. The first-order valence-electron chi connectivity index (χ1n) is 4.75. The molecule has 1 aromatic heterocycles. The lowest BCUT2D eigenvalue weighted by molar-refractivity contribution is -0.00608. The fourth-order valence-corrected chi connectivity index (χ4v) is 3.08. The van der Waals surface area contributed by atoms with Crippen molar-refractivity contribution in [1.29, 1.82) is 0 Å². The third-order valence-electron chi connectivity index (χ3n) is 2.65. The Morgan fingerprint density at radius 1 is 1.29 bits per heavy atom. The predicted octanol–water partition coefficient (Wildman–Crippen LogP) is 2.93. The predicted molar refractivity (Wildman–Crippen MR) is 51.9 cm³/mol. The molecule has 1 aromatic rings. The smallest absolute Gasteiger partial charge is 0.268 e. The highest BCUT2D eigenvalue weighted by molar-refractivity contribution is 7.10. The van der Waals surface area contributed by atoms with Gasteiger partial charge in [-0.2, -0.15) is 0 Å². The SMILES string of the molecule is OC(c1csc2c1CCCC2)C(F)F. The van der Waals surface area contributed by atoms with E-state index in [0.717, 1.165) is 31.2 Å². The number of fused-ring (bicyclic) bond motifs is 1. The van der Waals surface area contributed by atoms with E-state index < -0.39 is 12.5 Å². The van der Waals surface area contributed by atoms with Crippen LogP contribution in [0.25, 0.3) is 0 Å². The van der Waals surface area contributed by atoms with Crippen LogP contribution in [0.1, 0.15) is 34.9 Å². The molecule has 1 atom stereocenters. The van der Waals surface area contributed by atoms with E-state index in [1.54, 1.807) is 5.38 Å². The van der Waals surface area contributed by atoms with Gasteiger partial charge in [0.15, 0.2) is 0 Å². The van der Waals surface area contributed by atoms with Crippen LogP contribution in [0.2, 0.25) is 0 Å². The molecule has 1 aliphatic rings. The number of rotatable bonds is 2. The van der Waals surface area contributed by atoms with E-state index in [1.165, 1.54) is 16.2 Å². The summed E-state index contributed by atoms with van der Waals surface area (Å²) in [5.41, 5.74) is 1.44. The zero-order valence-corrected chi connectivity index (χ0v) is 8.49. The van der Waals surface area contributed by atoms with Crippen molar-refractivity contribution < 1.29 is 13.9 Å². The third kappa shape index (κ3) is 1.68. The number of aliphatic hydroxyl groups is 1. The molecule has 14 heavy (non-hydrogen) atoms. The molecule has 0 bridgehead atoms. The summed E-state index contributed by atoms with van der Waals surface area (Å²) in [6.07, 6.45) is -0.248. The zero-order valence-electron chi connectivity index (χ0n) is 7.67. The fraction of sp³-hybridized carbons (Fsp3) is 0.600. The van der Waals surface area contributed by atoms with E-state index in [4.69, 9.17) is 0 Å². The van der Waals surface area contributed by atoms with Crippen molar-refractivity contribution in [3.63, 3.8) is 0 Å². The molecule has 1 heterocycles. The minimum absolute atomic E-state index is 0.458. The molecule has 78 valence electrons. The fourth-order valence-electron chi connectivity index (χ4n) is 1.90. The van der Waals surface area contributed by atoms with Crippen LogP contribution >= 0.6 is 11.3 Å². The van der Waals surface area contributed by atoms with Crippen molar-refractivity contribution in [2.75, 3.05) is 0 Å². The van der Waals surface area contributed by atoms with Crippen molar-refractivity contribution >= 4 is 11.3 Å². The van der Waals surface area contributed by atoms with Crippen LogP contribution in [0.3, 0.4) is 0 Å². The average molecular weight is 218 g/mol. The topological polar surface area (TPSA) is 20.2 Å². The normalized spacial score (nSPS) is 18.3. The lowest BCUT2D eigenvalue weighted by Crippen LogP contribution is -2.11. The second-order valence-corrected chi connectivity index (χ2v) is 4.54. The van der Waals surface area contributed by atoms with E-state index in [2.05, 4.69) is 0 Å². The first kappa shape index (κ1) is 10.1. The molecule has 0 saturated carbocycles. The highest BCUT2D eigenvalue weighted by Crippen LogP contribution is 2.35. The van der Waals surface area contributed by atoms with Gasteiger partial charge in [0, 0.05) is 10.4 Å². The Morgan fingerprint density at radius 2 is 2.00 bits per heavy atom. The minimum atomic E-state index is -2.67. The van der Waals surface area contributed by atoms with Gasteiger partial charge in [0.25, 0.3) is 6.43 Å². The highest BCUT2D eigenvalue weighted by atomic mass is 32.1. The van der Waals surface area contributed by atoms with Gasteiger partial charge >= 0.3 is 0 Å². The van der Waals surface area contributed by atoms with Crippen LogP contribution in [-0.4, -0.2) is 11.5 Å². The van der Waals surface area contributed by atoms with Gasteiger partial charge in [-0.15, -0.1) is 11.3 Å². The monoisotopic (exact) mass is 218 g/mol. The molecule has 4 heteroatoms. The molecule has 0 spiro atoms. The van der Waals surface area contributed by atoms with Gasteiger partial charge in [-0.3, -0.25) is 0 Å². The maximum atomic E-state index is 12.3. The van der Waals surface area contributed by atoms with Gasteiger partial charge in [0.1, 0.15) is 6.10 Å². The van der Waals surface area contributed by atoms with Crippen molar-refractivity contribution in [3.8, 4) is 0 Å². The third-order valence-corrected chi connectivity index (χ3v) is 3.76. The Balaban J connectivity index is 2.30. The number of aliphatic hydroxyl groups excluding tert-OH is 1. The van der Waals surface area contributed by atoms with Crippen LogP contribution in [-0.2, 0) is 12.8 Å². The van der Waals surface area contributed by atoms with Gasteiger partial charge in [-0.1, -0.05) is 0 Å². The van der Waals surface area contributed by atoms with E-state index in [9.17, 15) is 13.9 Å². The molecule has 0 radical (unpaired) electrons. The van der Waals surface area contributed by atoms with Crippen LogP contribution < -0.4 is 0 Å². The van der Waals surface area contributed by atoms with Crippen molar-refractivity contribution in [2.24, 2.45) is 0 Å². The first-order valence-corrected chi connectivity index (χ1v) is 5.63. The van der Waals surface area contributed by atoms with Crippen LogP contribution in [0.4, 0.5) is 8.78 Å². The molecule has 1 unspecified atom stereocenters. The molecular weight excluding hydrogens is 206 g/mol. The van der Waals surface area contributed by atoms with Gasteiger partial charge in [0.2, 0.25) is 0 Å². The van der Waals surface area contributed by atoms with Crippen LogP contribution in [0.15, 0.2) is 5.38 Å². The summed E-state index contributed by atoms with van der Waals surface area (Å²) in [7, 11) is 0. The summed E-state index contributed by atoms with van der Waals surface area (Å²) in [6.45, 7) is 0. The minimum Gasteiger partial charge on any atom is -0.382 e. The Kier molecular flexibility index (Phi) is 2.83. The molecule has 2 rings (SSSR count). The molecule has 0 aliphatic heterocycles. The molecule has 0 fully saturated rings. The summed E-state index contributed by atoms with van der Waals surface area (Å²) < 4.78 is 24.6. The van der Waals surface area contributed by atoms with Crippen LogP contribution in [0, 0.1) is 0 Å². The lowest BCUT2D eigenvalue weighted by atomic mass is 9.94. The second-order valence-electron chi connectivity index (χ2n) is 3.58. The zero-order chi connectivity index (χ0) is 10.1. The van der Waals surface area contributed by atoms with E-state index >= 15 is 0 Å². The van der Waals surface area contributed by atoms with Crippen molar-refractivity contribution in [1.82, 2.24) is 0 Å². The Bertz CT molecular complexity index is 322. The first-order chi connectivity index (χ1) is 6.70. The maximum Gasteiger partial charge on any atom is 0.268 e. The molecule has 0 saturated heterocycles. The van der Waals surface area contributed by atoms with Crippen molar-refractivity contribution in [2.45, 2.75) is 38.2 Å². The second kappa shape index (κ2) is 3.95. The summed E-state index contributed by atoms with van der Waals surface area (Å²) in [4.78, 5) is 1.19. The molecular formula is C10H12F2OS. The number of alkyl halides is 2. The maximum absolute atomic E-state index is 12.3. The Morgan fingerprint density at radius 3 is 2.71 bits per heavy atom. The van der Waals surface area contributed by atoms with E-state index in [-0.39, 0.29) is 0 Å². The standard InChI is InChI=1S/C10H12F2OS/c11-10(12)9(13)7-5-14-8-4-2-1-3-6(7)8/h5,9-10,13H,1-4H2. The van der Waals surface area contributed by atoms with Gasteiger partial charge in [-0.05, 0) is 36.6 Å². The molecule has 1 aliphatic carbocycles. The Hall–Kier alpha value is -0.480.